The van der Waals surface area contributed by atoms with Crippen molar-refractivity contribution in [2.75, 3.05) is 13.9 Å². The van der Waals surface area contributed by atoms with Gasteiger partial charge in [-0.05, 0) is 72.7 Å². The predicted octanol–water partition coefficient (Wildman–Crippen LogP) is 6.77. The van der Waals surface area contributed by atoms with Gasteiger partial charge in [0.25, 0.3) is 0 Å². The maximum absolute atomic E-state index is 12.0. The number of ether oxygens (including phenoxy) is 2. The highest BCUT2D eigenvalue weighted by Gasteiger charge is 2.19. The van der Waals surface area contributed by atoms with Gasteiger partial charge >= 0.3 is 0 Å². The van der Waals surface area contributed by atoms with Crippen LogP contribution in [-0.2, 0) is 4.79 Å². The molecule has 6 nitrogen and oxygen atoms in total. The largest absolute Gasteiger partial charge is 0.454 e. The number of hydrogen-bond acceptors (Lipinski definition) is 5. The molecule has 3 aromatic rings. The molecule has 0 amide bonds. The fourth-order valence-corrected chi connectivity index (χ4v) is 4.31. The minimum Gasteiger partial charge on any atom is -0.454 e. The van der Waals surface area contributed by atoms with Gasteiger partial charge in [0, 0.05) is 28.3 Å². The van der Waals surface area contributed by atoms with Gasteiger partial charge in [0.05, 0.1) is 22.1 Å². The Morgan fingerprint density at radius 2 is 1.86 bits per heavy atom. The fourth-order valence-electron chi connectivity index (χ4n) is 3.74. The summed E-state index contributed by atoms with van der Waals surface area (Å²) in [5.41, 5.74) is 3.93. The molecule has 1 N–H and O–H groups in total. The molecular formula is C27H21Cl3N2O4. The van der Waals surface area contributed by atoms with Crippen LogP contribution in [-0.4, -0.2) is 35.1 Å². The van der Waals surface area contributed by atoms with Crippen LogP contribution < -0.4 is 9.47 Å². The molecule has 0 unspecified atom stereocenters. The smallest absolute Gasteiger partial charge is 0.231 e. The molecule has 0 saturated carbocycles. The third-order valence-corrected chi connectivity index (χ3v) is 6.13. The number of aldehydes is 1. The van der Waals surface area contributed by atoms with Crippen molar-refractivity contribution in [1.29, 1.82) is 0 Å². The number of nitrogens with zero attached hydrogens (tertiary/aromatic N) is 2. The molecule has 2 heterocycles. The molecule has 0 spiro atoms. The van der Waals surface area contributed by atoms with Crippen molar-refractivity contribution >= 4 is 47.2 Å². The lowest BCUT2D eigenvalue weighted by atomic mass is 10.0. The average Bonchev–Trinajstić information content (AvgIpc) is 3.47. The maximum Gasteiger partial charge on any atom is 0.231 e. The molecule has 2 aromatic carbocycles. The second-order valence-electron chi connectivity index (χ2n) is 7.57. The first-order chi connectivity index (χ1) is 17.5. The molecule has 1 aliphatic heterocycles. The standard InChI is InChI=1S/C26H17Cl3N2O3.CH4O/c27-19-4-2-1-3-16(9-19)18(14-32)10-21-13-23(17-5-8-25-26(11-17)34-15-33-25)31(30-21)24-12-20(28)6-7-22(24)29;1-2/h2-14H,1,15H2;2H,1H3/b18-10-;. The number of halogens is 3. The number of aromatic nitrogens is 2. The monoisotopic (exact) mass is 542 g/mol. The van der Waals surface area contributed by atoms with Gasteiger partial charge in [0.2, 0.25) is 6.79 Å². The van der Waals surface area contributed by atoms with E-state index in [-0.39, 0.29) is 6.79 Å². The Morgan fingerprint density at radius 3 is 2.67 bits per heavy atom. The van der Waals surface area contributed by atoms with Crippen molar-refractivity contribution < 1.29 is 19.4 Å². The number of aliphatic hydroxyl groups is 1. The highest BCUT2D eigenvalue weighted by atomic mass is 35.5. The number of allylic oxidation sites excluding steroid dienone is 7. The van der Waals surface area contributed by atoms with E-state index in [4.69, 9.17) is 54.5 Å². The van der Waals surface area contributed by atoms with Gasteiger partial charge in [-0.25, -0.2) is 4.68 Å². The molecule has 0 fully saturated rings. The van der Waals surface area contributed by atoms with Crippen LogP contribution in [0.4, 0.5) is 0 Å². The molecular weight excluding hydrogens is 523 g/mol. The van der Waals surface area contributed by atoms with Crippen LogP contribution in [0.15, 0.2) is 82.9 Å². The summed E-state index contributed by atoms with van der Waals surface area (Å²) in [6.45, 7) is 0.175. The summed E-state index contributed by atoms with van der Waals surface area (Å²) in [5.74, 6) is 1.32. The minimum atomic E-state index is 0.175. The van der Waals surface area contributed by atoms with E-state index in [2.05, 4.69) is 0 Å². The van der Waals surface area contributed by atoms with Gasteiger partial charge in [-0.2, -0.15) is 5.10 Å². The third-order valence-electron chi connectivity index (χ3n) is 5.34. The van der Waals surface area contributed by atoms with Crippen molar-refractivity contribution in [2.45, 2.75) is 6.42 Å². The second kappa shape index (κ2) is 11.6. The van der Waals surface area contributed by atoms with Crippen LogP contribution in [0.3, 0.4) is 0 Å². The lowest BCUT2D eigenvalue weighted by Gasteiger charge is -2.10. The number of hydrogen-bond donors (Lipinski definition) is 1. The summed E-state index contributed by atoms with van der Waals surface area (Å²) in [4.78, 5) is 12.0. The molecule has 0 radical (unpaired) electrons. The van der Waals surface area contributed by atoms with Crippen molar-refractivity contribution in [1.82, 2.24) is 9.78 Å². The van der Waals surface area contributed by atoms with Gasteiger partial charge in [-0.3, -0.25) is 4.79 Å². The Balaban J connectivity index is 0.00000148. The first-order valence-corrected chi connectivity index (χ1v) is 12.0. The number of fused-ring (bicyclic) bond motifs is 1. The van der Waals surface area contributed by atoms with Gasteiger partial charge in [0.1, 0.15) is 0 Å². The summed E-state index contributed by atoms with van der Waals surface area (Å²) < 4.78 is 12.7. The topological polar surface area (TPSA) is 73.6 Å². The van der Waals surface area contributed by atoms with Gasteiger partial charge < -0.3 is 14.6 Å². The average molecular weight is 544 g/mol. The zero-order chi connectivity index (χ0) is 25.7. The van der Waals surface area contributed by atoms with Crippen molar-refractivity contribution in [3.05, 3.63) is 98.7 Å². The number of aliphatic hydroxyl groups excluding tert-OH is 1. The summed E-state index contributed by atoms with van der Waals surface area (Å²) in [7, 11) is 1.00. The lowest BCUT2D eigenvalue weighted by Crippen LogP contribution is -2.00. The van der Waals surface area contributed by atoms with Gasteiger partial charge in [0.15, 0.2) is 17.8 Å². The lowest BCUT2D eigenvalue weighted by molar-refractivity contribution is -0.104. The molecule has 1 aromatic heterocycles. The quantitative estimate of drug-likeness (QED) is 0.284. The molecule has 0 atom stereocenters. The van der Waals surface area contributed by atoms with Crippen LogP contribution in [0, 0.1) is 0 Å². The van der Waals surface area contributed by atoms with E-state index in [1.807, 2.05) is 36.4 Å². The van der Waals surface area contributed by atoms with Crippen LogP contribution in [0.25, 0.3) is 23.0 Å². The zero-order valence-electron chi connectivity index (χ0n) is 19.1. The van der Waals surface area contributed by atoms with E-state index in [1.54, 1.807) is 41.1 Å². The SMILES string of the molecule is CO.O=C/C(=C/c1cc(-c2ccc3c(c2)OCO3)n(-c2cc(Cl)ccc2Cl)n1)C1=CCC=CC(Cl)=C1. The summed E-state index contributed by atoms with van der Waals surface area (Å²) >= 11 is 19.0. The fraction of sp³-hybridized carbons (Fsp3) is 0.111. The second-order valence-corrected chi connectivity index (χ2v) is 8.85. The van der Waals surface area contributed by atoms with E-state index in [0.717, 1.165) is 30.2 Å². The highest BCUT2D eigenvalue weighted by Crippen LogP contribution is 2.38. The van der Waals surface area contributed by atoms with E-state index >= 15 is 0 Å². The van der Waals surface area contributed by atoms with Crippen LogP contribution in [0.5, 0.6) is 11.5 Å². The molecule has 0 saturated heterocycles. The Hall–Kier alpha value is -3.29. The zero-order valence-corrected chi connectivity index (χ0v) is 21.4. The van der Waals surface area contributed by atoms with Crippen molar-refractivity contribution in [3.63, 3.8) is 0 Å². The number of carbonyl (C=O) groups excluding carboxylic acids is 1. The van der Waals surface area contributed by atoms with Crippen LogP contribution >= 0.6 is 34.8 Å². The number of benzene rings is 2. The Labute approximate surface area is 223 Å². The highest BCUT2D eigenvalue weighted by molar-refractivity contribution is 6.34. The first kappa shape index (κ1) is 25.8. The summed E-state index contributed by atoms with van der Waals surface area (Å²) in [6, 6.07) is 12.7. The molecule has 184 valence electrons. The third kappa shape index (κ3) is 5.58. The molecule has 0 bridgehead atoms. The van der Waals surface area contributed by atoms with Crippen molar-refractivity contribution in [3.8, 4) is 28.4 Å². The van der Waals surface area contributed by atoms with Crippen LogP contribution in [0.2, 0.25) is 10.0 Å². The summed E-state index contributed by atoms with van der Waals surface area (Å²) in [6.07, 6.45) is 10.6. The molecule has 9 heteroatoms. The number of carbonyl (C=O) groups is 1. The van der Waals surface area contributed by atoms with Crippen LogP contribution in [0.1, 0.15) is 12.1 Å². The summed E-state index contributed by atoms with van der Waals surface area (Å²) in [5, 5.41) is 13.3. The van der Waals surface area contributed by atoms with E-state index < -0.39 is 0 Å². The number of rotatable bonds is 5. The van der Waals surface area contributed by atoms with E-state index in [1.165, 1.54) is 0 Å². The van der Waals surface area contributed by atoms with E-state index in [9.17, 15) is 4.79 Å². The van der Waals surface area contributed by atoms with Crippen molar-refractivity contribution in [2.24, 2.45) is 0 Å². The molecule has 36 heavy (non-hydrogen) atoms. The Bertz CT molecular complexity index is 1420. The molecule has 2 aliphatic rings. The Morgan fingerprint density at radius 1 is 1.06 bits per heavy atom. The van der Waals surface area contributed by atoms with E-state index in [0.29, 0.717) is 50.0 Å². The predicted molar refractivity (Wildman–Crippen MR) is 143 cm³/mol. The first-order valence-electron chi connectivity index (χ1n) is 10.8. The van der Waals surface area contributed by atoms with Gasteiger partial charge in [-0.1, -0.05) is 47.0 Å². The van der Waals surface area contributed by atoms with Gasteiger partial charge in [-0.15, -0.1) is 0 Å². The molecule has 5 rings (SSSR count). The Kier molecular flexibility index (Phi) is 8.33. The normalized spacial score (nSPS) is 14.4. The minimum absolute atomic E-state index is 0.175. The maximum atomic E-state index is 12.0. The molecule has 1 aliphatic carbocycles.